The Hall–Kier alpha value is -0.370. The van der Waals surface area contributed by atoms with E-state index in [9.17, 15) is 0 Å². The standard InChI is InChI=1S/C4H3OS/c1-2-4-6-5-3-1/h1-2,4H. The number of hydrogen-bond donors (Lipinski definition) is 0. The van der Waals surface area contributed by atoms with E-state index in [1.807, 2.05) is 11.5 Å². The van der Waals surface area contributed by atoms with Gasteiger partial charge in [-0.3, -0.25) is 0 Å². The van der Waals surface area contributed by atoms with Crippen LogP contribution in [0.1, 0.15) is 0 Å². The first-order valence-electron chi connectivity index (χ1n) is 1.56. The zero-order valence-electron chi connectivity index (χ0n) is 3.05. The summed E-state index contributed by atoms with van der Waals surface area (Å²) in [6.07, 6.45) is 6.12. The molecule has 0 bridgehead atoms. The second-order valence-corrected chi connectivity index (χ2v) is 1.42. The van der Waals surface area contributed by atoms with Crippen LogP contribution in [-0.4, -0.2) is 0 Å². The summed E-state index contributed by atoms with van der Waals surface area (Å²) in [6.45, 7) is 0. The predicted molar refractivity (Wildman–Crippen MR) is 25.6 cm³/mol. The lowest BCUT2D eigenvalue weighted by Crippen LogP contribution is -1.65. The van der Waals surface area contributed by atoms with Gasteiger partial charge in [-0.2, -0.15) is 0 Å². The Bertz CT molecular complexity index is 73.5. The molecule has 1 aliphatic rings. The van der Waals surface area contributed by atoms with Gasteiger partial charge in [0.1, 0.15) is 0 Å². The van der Waals surface area contributed by atoms with E-state index in [4.69, 9.17) is 0 Å². The molecule has 1 radical (unpaired) electrons. The average molecular weight is 99.1 g/mol. The Labute approximate surface area is 40.9 Å². The van der Waals surface area contributed by atoms with Crippen LogP contribution >= 0.6 is 12.0 Å². The molecule has 6 heavy (non-hydrogen) atoms. The van der Waals surface area contributed by atoms with Crippen molar-refractivity contribution in [1.29, 1.82) is 0 Å². The topological polar surface area (TPSA) is 9.23 Å². The highest BCUT2D eigenvalue weighted by Gasteiger charge is 1.79. The lowest BCUT2D eigenvalue weighted by Gasteiger charge is -1.90. The molecule has 0 aromatic carbocycles. The normalized spacial score (nSPS) is 17.3. The maximum absolute atomic E-state index is 4.59. The molecule has 0 aliphatic carbocycles. The second-order valence-electron chi connectivity index (χ2n) is 0.793. The Balaban J connectivity index is 2.46. The molecule has 1 rings (SSSR count). The van der Waals surface area contributed by atoms with Crippen LogP contribution in [0.2, 0.25) is 0 Å². The molecule has 0 N–H and O–H groups in total. The van der Waals surface area contributed by atoms with Gasteiger partial charge in [-0.25, -0.2) is 0 Å². The van der Waals surface area contributed by atoms with Crippen LogP contribution in [-0.2, 0) is 4.18 Å². The molecule has 0 fully saturated rings. The van der Waals surface area contributed by atoms with Crippen molar-refractivity contribution >= 4 is 12.0 Å². The number of rotatable bonds is 0. The summed E-state index contributed by atoms with van der Waals surface area (Å²) >= 11 is 1.27. The van der Waals surface area contributed by atoms with Crippen LogP contribution in [0.25, 0.3) is 0 Å². The van der Waals surface area contributed by atoms with E-state index >= 15 is 0 Å². The molecule has 1 aliphatic heterocycles. The van der Waals surface area contributed by atoms with Crippen LogP contribution in [0.3, 0.4) is 0 Å². The van der Waals surface area contributed by atoms with Gasteiger partial charge in [-0.05, 0) is 12.2 Å². The van der Waals surface area contributed by atoms with Gasteiger partial charge in [-0.15, -0.1) is 0 Å². The molecule has 0 saturated heterocycles. The fourth-order valence-corrected chi connectivity index (χ4v) is 0.503. The maximum Gasteiger partial charge on any atom is 0.181 e. The molecule has 0 atom stereocenters. The third-order valence-corrected chi connectivity index (χ3v) is 0.855. The third-order valence-electron chi connectivity index (χ3n) is 0.395. The Kier molecular flexibility index (Phi) is 1.22. The molecule has 0 aromatic heterocycles. The van der Waals surface area contributed by atoms with Crippen molar-refractivity contribution < 1.29 is 4.18 Å². The molecule has 1 heterocycles. The quantitative estimate of drug-likeness (QED) is 0.425. The lowest BCUT2D eigenvalue weighted by molar-refractivity contribution is 0.536. The summed E-state index contributed by atoms with van der Waals surface area (Å²) in [6, 6.07) is 0. The monoisotopic (exact) mass is 99.0 g/mol. The molecular weight excluding hydrogens is 96.1 g/mol. The first kappa shape index (κ1) is 3.81. The number of hydrogen-bond acceptors (Lipinski definition) is 2. The summed E-state index contributed by atoms with van der Waals surface area (Å²) in [4.78, 5) is 0. The van der Waals surface area contributed by atoms with E-state index in [2.05, 4.69) is 10.4 Å². The fourth-order valence-electron chi connectivity index (χ4n) is 0.194. The van der Waals surface area contributed by atoms with E-state index in [-0.39, 0.29) is 0 Å². The van der Waals surface area contributed by atoms with Gasteiger partial charge < -0.3 is 4.18 Å². The van der Waals surface area contributed by atoms with E-state index in [0.29, 0.717) is 0 Å². The Morgan fingerprint density at radius 3 is 2.83 bits per heavy atom. The molecule has 2 heteroatoms. The van der Waals surface area contributed by atoms with Gasteiger partial charge in [-0.1, -0.05) is 0 Å². The molecule has 0 saturated carbocycles. The first-order chi connectivity index (χ1) is 3.00. The van der Waals surface area contributed by atoms with E-state index in [1.165, 1.54) is 12.0 Å². The van der Waals surface area contributed by atoms with E-state index < -0.39 is 0 Å². The van der Waals surface area contributed by atoms with Crippen molar-refractivity contribution in [3.8, 4) is 0 Å². The summed E-state index contributed by atoms with van der Waals surface area (Å²) in [5, 5.41) is 1.84. The van der Waals surface area contributed by atoms with Gasteiger partial charge in [0.25, 0.3) is 0 Å². The summed E-state index contributed by atoms with van der Waals surface area (Å²) < 4.78 is 4.59. The molecule has 0 spiro atoms. The first-order valence-corrected chi connectivity index (χ1v) is 2.37. The molecule has 0 unspecified atom stereocenters. The molecule has 1 nitrogen and oxygen atoms in total. The van der Waals surface area contributed by atoms with Crippen molar-refractivity contribution in [1.82, 2.24) is 0 Å². The van der Waals surface area contributed by atoms with Crippen LogP contribution in [0.15, 0.2) is 17.6 Å². The number of allylic oxidation sites excluding steroid dienone is 2. The lowest BCUT2D eigenvalue weighted by atomic mass is 10.6. The van der Waals surface area contributed by atoms with Crippen LogP contribution in [0, 0.1) is 6.26 Å². The minimum absolute atomic E-state index is 1.27. The molecule has 0 aromatic rings. The Morgan fingerprint density at radius 2 is 2.67 bits per heavy atom. The zero-order chi connectivity index (χ0) is 4.24. The van der Waals surface area contributed by atoms with Crippen molar-refractivity contribution in [3.05, 3.63) is 23.8 Å². The van der Waals surface area contributed by atoms with E-state index in [0.717, 1.165) is 0 Å². The third kappa shape index (κ3) is 0.792. The smallest absolute Gasteiger partial charge is 0.181 e. The largest absolute Gasteiger partial charge is 0.417 e. The van der Waals surface area contributed by atoms with E-state index in [1.54, 1.807) is 6.08 Å². The second kappa shape index (κ2) is 1.92. The molecule has 0 amide bonds. The maximum atomic E-state index is 4.59. The average Bonchev–Trinajstić information content (AvgIpc) is 1.72. The Morgan fingerprint density at radius 1 is 1.67 bits per heavy atom. The van der Waals surface area contributed by atoms with Crippen LogP contribution in [0.4, 0.5) is 0 Å². The SMILES string of the molecule is [C]1=CC=CSO1. The zero-order valence-corrected chi connectivity index (χ0v) is 3.87. The summed E-state index contributed by atoms with van der Waals surface area (Å²) in [7, 11) is 0. The molecular formula is C4H3OS. The van der Waals surface area contributed by atoms with Crippen molar-refractivity contribution in [2.75, 3.05) is 0 Å². The minimum atomic E-state index is 1.27. The predicted octanol–water partition coefficient (Wildman–Crippen LogP) is 1.50. The summed E-state index contributed by atoms with van der Waals surface area (Å²) in [5.74, 6) is 0. The van der Waals surface area contributed by atoms with Crippen LogP contribution < -0.4 is 0 Å². The highest BCUT2D eigenvalue weighted by Crippen LogP contribution is 2.07. The van der Waals surface area contributed by atoms with Gasteiger partial charge >= 0.3 is 0 Å². The van der Waals surface area contributed by atoms with Crippen molar-refractivity contribution in [2.24, 2.45) is 0 Å². The minimum Gasteiger partial charge on any atom is -0.417 e. The highest BCUT2D eigenvalue weighted by atomic mass is 32.2. The van der Waals surface area contributed by atoms with Crippen molar-refractivity contribution in [3.63, 3.8) is 0 Å². The molecule has 31 valence electrons. The van der Waals surface area contributed by atoms with Gasteiger partial charge in [0, 0.05) is 5.41 Å². The van der Waals surface area contributed by atoms with Gasteiger partial charge in [0.05, 0.1) is 12.0 Å². The highest BCUT2D eigenvalue weighted by molar-refractivity contribution is 7.97. The fraction of sp³-hybridized carbons (Fsp3) is 0. The summed E-state index contributed by atoms with van der Waals surface area (Å²) in [5.41, 5.74) is 0. The van der Waals surface area contributed by atoms with Gasteiger partial charge in [0.15, 0.2) is 6.26 Å². The van der Waals surface area contributed by atoms with Crippen LogP contribution in [0.5, 0.6) is 0 Å². The van der Waals surface area contributed by atoms with Crippen molar-refractivity contribution in [2.45, 2.75) is 0 Å². The van der Waals surface area contributed by atoms with Gasteiger partial charge in [0.2, 0.25) is 0 Å².